The molecule has 11 amide bonds. The van der Waals surface area contributed by atoms with Gasteiger partial charge in [-0.3, -0.25) is 62.3 Å². The molecule has 0 radical (unpaired) electrons. The summed E-state index contributed by atoms with van der Waals surface area (Å²) in [5, 5.41) is 144. The summed E-state index contributed by atoms with van der Waals surface area (Å²) in [5.41, 5.74) is 11.0. The van der Waals surface area contributed by atoms with Gasteiger partial charge in [0.25, 0.3) is 11.8 Å². The lowest BCUT2D eigenvalue weighted by molar-refractivity contribution is -0.339. The Morgan fingerprint density at radius 2 is 1.30 bits per heavy atom. The van der Waals surface area contributed by atoms with Gasteiger partial charge in [-0.25, -0.2) is 4.79 Å². The Kier molecular flexibility index (Phi) is 45.6. The van der Waals surface area contributed by atoms with Gasteiger partial charge in [-0.05, 0) is 91.0 Å². The summed E-state index contributed by atoms with van der Waals surface area (Å²) in [6.45, 7) is 7.11. The van der Waals surface area contributed by atoms with E-state index in [-0.39, 0.29) is 43.5 Å². The molecule has 0 aromatic heterocycles. The van der Waals surface area contributed by atoms with Gasteiger partial charge in [0.05, 0.1) is 44.2 Å². The molecule has 5 rings (SSSR count). The monoisotopic (exact) mass is 1810 g/mol. The molecule has 718 valence electrons. The molecule has 27 atom stereocenters. The lowest BCUT2D eigenvalue weighted by Crippen LogP contribution is -2.67. The van der Waals surface area contributed by atoms with Crippen molar-refractivity contribution in [2.24, 2.45) is 11.5 Å². The number of cyclic esters (lactones) is 1. The van der Waals surface area contributed by atoms with Crippen molar-refractivity contribution in [3.63, 3.8) is 0 Å². The highest BCUT2D eigenvalue weighted by molar-refractivity contribution is 6.02. The number of aliphatic hydroxyl groups is 10. The fourth-order valence-electron chi connectivity index (χ4n) is 14.4. The number of primary amides is 1. The van der Waals surface area contributed by atoms with Crippen molar-refractivity contribution < 1.29 is 166 Å². The van der Waals surface area contributed by atoms with E-state index in [0.29, 0.717) is 17.7 Å². The standard InChI is InChI=1S/C81H130N12O34/c1-11-13-14-15-16-17-18-19-20-21-25-52(124-80-67(109)68(51(101)36-120-80)127-79-60(85-42(7)97)64(106)62(104)53(35-94)125-79)63(105)77(117)91-58(39(4)96)74(114)92-59-40(5)121-78(118)49(24-22-23-32-82)88-76(116)61(41(6)122-81-66(108)65(107)69(123-44(9)99)54(126-81)37-119-43(8)98)93(10)56(103)34-84-70(110)48(30-31-55(83)102)87-71(111)47(12-2)86-72(112)50(33-45-26-28-46(100)29-27-45)89-73(113)57(38(3)95)90-75(59)115/h12,26-29,38-41,48-54,57-69,79-81,94-96,100-101,104-109H,11,13-25,30-37,82H2,1-10H3,(H2,83,102)(H,84,110)(H,85,97)(H,86,112)(H,87,111)(H,88,116)(H,89,113)(H,90,115)(H,91,117)(H,92,114). The zero-order valence-corrected chi connectivity index (χ0v) is 72.9. The number of carbonyl (C=O) groups excluding carboxylic acids is 14. The number of unbranched alkanes of at least 4 members (excludes halogenated alkanes) is 10. The van der Waals surface area contributed by atoms with E-state index in [0.717, 1.165) is 107 Å². The molecule has 46 heteroatoms. The number of likely N-dealkylation sites (N-methyl/N-ethyl adjacent to an activating group) is 1. The number of phenols is 1. The third kappa shape index (κ3) is 33.6. The number of esters is 3. The van der Waals surface area contributed by atoms with Gasteiger partial charge in [0.1, 0.15) is 127 Å². The molecule has 4 aliphatic rings. The van der Waals surface area contributed by atoms with Crippen molar-refractivity contribution >= 4 is 82.9 Å². The van der Waals surface area contributed by atoms with Gasteiger partial charge in [-0.15, -0.1) is 0 Å². The minimum Gasteiger partial charge on any atom is -0.508 e. The van der Waals surface area contributed by atoms with Crippen LogP contribution in [0, 0.1) is 0 Å². The summed E-state index contributed by atoms with van der Waals surface area (Å²) in [4.78, 5) is 198. The van der Waals surface area contributed by atoms with Crippen LogP contribution in [0.3, 0.4) is 0 Å². The van der Waals surface area contributed by atoms with Gasteiger partial charge in [-0.2, -0.15) is 0 Å². The maximum absolute atomic E-state index is 15.3. The highest BCUT2D eigenvalue weighted by Crippen LogP contribution is 2.32. The maximum atomic E-state index is 15.3. The quantitative estimate of drug-likeness (QED) is 0.0126. The number of rotatable bonds is 39. The van der Waals surface area contributed by atoms with Crippen LogP contribution in [0.15, 0.2) is 36.0 Å². The Morgan fingerprint density at radius 3 is 1.88 bits per heavy atom. The van der Waals surface area contributed by atoms with E-state index < -0.39 is 306 Å². The van der Waals surface area contributed by atoms with E-state index in [1.54, 1.807) is 0 Å². The largest absolute Gasteiger partial charge is 0.508 e. The molecule has 24 N–H and O–H groups in total. The molecule has 4 aliphatic heterocycles. The van der Waals surface area contributed by atoms with E-state index in [2.05, 4.69) is 54.8 Å². The minimum absolute atomic E-state index is 0.0228. The molecule has 4 saturated heterocycles. The van der Waals surface area contributed by atoms with Gasteiger partial charge in [0, 0.05) is 40.7 Å². The number of aromatic hydroxyl groups is 1. The topological polar surface area (TPSA) is 708 Å². The molecule has 27 unspecified atom stereocenters. The van der Waals surface area contributed by atoms with Crippen LogP contribution in [0.2, 0.25) is 0 Å². The second kappa shape index (κ2) is 53.6. The van der Waals surface area contributed by atoms with Crippen molar-refractivity contribution in [1.29, 1.82) is 0 Å². The van der Waals surface area contributed by atoms with E-state index in [4.69, 9.17) is 54.1 Å². The van der Waals surface area contributed by atoms with Crippen LogP contribution < -0.4 is 59.3 Å². The molecule has 0 spiro atoms. The second-order valence-electron chi connectivity index (χ2n) is 31.9. The number of hydrogen-bond acceptors (Lipinski definition) is 35. The minimum atomic E-state index is -2.39. The number of nitrogens with zero attached hydrogens (tertiary/aromatic N) is 1. The first-order valence-electron chi connectivity index (χ1n) is 42.5. The molecule has 0 saturated carbocycles. The summed E-state index contributed by atoms with van der Waals surface area (Å²) < 4.78 is 51.7. The smallest absolute Gasteiger partial charge is 0.328 e. The molecule has 46 nitrogen and oxygen atoms in total. The molecule has 127 heavy (non-hydrogen) atoms. The maximum Gasteiger partial charge on any atom is 0.328 e. The number of ether oxygens (including phenoxy) is 9. The average molecular weight is 1820 g/mol. The van der Waals surface area contributed by atoms with Crippen molar-refractivity contribution in [3.8, 4) is 5.75 Å². The van der Waals surface area contributed by atoms with E-state index in [1.807, 2.05) is 0 Å². The Balaban J connectivity index is 1.64. The van der Waals surface area contributed by atoms with Crippen LogP contribution in [0.1, 0.15) is 171 Å². The van der Waals surface area contributed by atoms with E-state index in [9.17, 15) is 104 Å². The molecule has 4 heterocycles. The third-order valence-electron chi connectivity index (χ3n) is 21.5. The Labute approximate surface area is 733 Å². The summed E-state index contributed by atoms with van der Waals surface area (Å²) in [5.74, 6) is -17.3. The number of amides is 11. The average Bonchev–Trinajstić information content (AvgIpc) is 0.790. The number of aliphatic hydroxyl groups excluding tert-OH is 10. The highest BCUT2D eigenvalue weighted by Gasteiger charge is 2.53. The van der Waals surface area contributed by atoms with Crippen molar-refractivity contribution in [2.75, 3.05) is 40.0 Å². The van der Waals surface area contributed by atoms with Gasteiger partial charge in [-0.1, -0.05) is 89.3 Å². The first-order chi connectivity index (χ1) is 60.0. The van der Waals surface area contributed by atoms with Crippen molar-refractivity contribution in [1.82, 2.24) is 52.8 Å². The van der Waals surface area contributed by atoms with Gasteiger partial charge in [0.15, 0.2) is 31.1 Å². The predicted molar refractivity (Wildman–Crippen MR) is 438 cm³/mol. The normalized spacial score (nSPS) is 30.1. The zero-order valence-electron chi connectivity index (χ0n) is 72.9. The van der Waals surface area contributed by atoms with Crippen LogP contribution in [-0.4, -0.2) is 349 Å². The summed E-state index contributed by atoms with van der Waals surface area (Å²) in [6.07, 6.45) is -28.9. The van der Waals surface area contributed by atoms with Crippen LogP contribution >= 0.6 is 0 Å². The molecule has 0 aliphatic carbocycles. The lowest BCUT2D eigenvalue weighted by atomic mass is 9.96. The molecule has 1 aromatic rings. The highest BCUT2D eigenvalue weighted by atomic mass is 16.7. The zero-order chi connectivity index (χ0) is 94.8. The Morgan fingerprint density at radius 1 is 0.669 bits per heavy atom. The van der Waals surface area contributed by atoms with Crippen LogP contribution in [0.5, 0.6) is 5.75 Å². The molecule has 4 fully saturated rings. The predicted octanol–water partition coefficient (Wildman–Crippen LogP) is -7.28. The van der Waals surface area contributed by atoms with Crippen molar-refractivity contribution in [2.45, 2.75) is 336 Å². The summed E-state index contributed by atoms with van der Waals surface area (Å²) in [7, 11) is 1.00. The van der Waals surface area contributed by atoms with Crippen LogP contribution in [0.25, 0.3) is 0 Å². The number of carbonyl (C=O) groups is 14. The lowest BCUT2D eigenvalue weighted by Gasteiger charge is -2.46. The number of benzene rings is 1. The SMILES string of the molecule is CC=C1NC(=O)C(Cc2ccc(O)cc2)NC(=O)C(C(C)O)NC(=O)C(NC(=O)C(NC(=O)C(O)C(CCCCCCCCCCCC)OC2OCC(O)C(OC3OC(CO)C(O)C(O)C3NC(C)=O)C2O)C(C)O)C(C)OC(=O)C(CCCCN)NC(=O)C(C(C)OC2OC(COC(C)=O)C(OC(C)=O)C(O)C2O)N(C)C(=O)CNC(=O)C(CCC(N)=O)NC1=O. The van der Waals surface area contributed by atoms with Gasteiger partial charge in [0.2, 0.25) is 53.2 Å². The summed E-state index contributed by atoms with van der Waals surface area (Å²) in [6, 6.07) is -10.9. The van der Waals surface area contributed by atoms with Crippen LogP contribution in [0.4, 0.5) is 0 Å². The Hall–Kier alpha value is -9.34. The Bertz CT molecular complexity index is 3810. The fraction of sp³-hybridized carbons (Fsp3) is 0.728. The van der Waals surface area contributed by atoms with E-state index in [1.165, 1.54) is 31.2 Å². The van der Waals surface area contributed by atoms with Gasteiger partial charge >= 0.3 is 17.9 Å². The number of nitrogens with one attached hydrogen (secondary N) is 9. The third-order valence-corrected chi connectivity index (χ3v) is 21.5. The molecular formula is C81H130N12O34. The molecule has 1 aromatic carbocycles. The fourth-order valence-corrected chi connectivity index (χ4v) is 14.4. The summed E-state index contributed by atoms with van der Waals surface area (Å²) >= 11 is 0. The van der Waals surface area contributed by atoms with E-state index >= 15 is 19.2 Å². The first kappa shape index (κ1) is 108. The van der Waals surface area contributed by atoms with Crippen molar-refractivity contribution in [3.05, 3.63) is 41.6 Å². The second-order valence-corrected chi connectivity index (χ2v) is 31.9. The number of nitrogens with two attached hydrogens (primary N) is 2. The number of allylic oxidation sites excluding steroid dienone is 1. The molecular weight excluding hydrogens is 1680 g/mol. The van der Waals surface area contributed by atoms with Gasteiger partial charge < -0.3 is 163 Å². The molecule has 0 bridgehead atoms. The number of hydrogen-bond donors (Lipinski definition) is 22. The first-order valence-corrected chi connectivity index (χ1v) is 42.5. The number of phenolic OH excluding ortho intramolecular Hbond substituents is 1. The van der Waals surface area contributed by atoms with Crippen LogP contribution in [-0.2, 0) is 116 Å².